The molecule has 5 heteroatoms. The number of hydrogen-bond acceptors (Lipinski definition) is 4. The molecule has 0 radical (unpaired) electrons. The molecule has 2 heterocycles. The first-order chi connectivity index (χ1) is 16.4. The zero-order valence-corrected chi connectivity index (χ0v) is 19.9. The average Bonchev–Trinajstić information content (AvgIpc) is 3.09. The van der Waals surface area contributed by atoms with Gasteiger partial charge in [0, 0.05) is 31.9 Å². The maximum Gasteiger partial charge on any atom is 0.282 e. The van der Waals surface area contributed by atoms with E-state index in [1.54, 1.807) is 0 Å². The quantitative estimate of drug-likeness (QED) is 0.539. The Balaban J connectivity index is 1.52. The SMILES string of the molecule is Cc1cccc(N2CCN(C3=C(c4ccc(C)cc4C)C(=O)N(c4ccccc4)C3=O)CC2)c1. The maximum atomic E-state index is 13.8. The number of imide groups is 1. The van der Waals surface area contributed by atoms with E-state index in [9.17, 15) is 9.59 Å². The van der Waals surface area contributed by atoms with E-state index in [0.717, 1.165) is 29.8 Å². The molecule has 5 rings (SSSR count). The summed E-state index contributed by atoms with van der Waals surface area (Å²) in [5.41, 5.74) is 7.03. The maximum absolute atomic E-state index is 13.8. The minimum atomic E-state index is -0.251. The van der Waals surface area contributed by atoms with Crippen molar-refractivity contribution in [1.29, 1.82) is 0 Å². The number of hydrogen-bond donors (Lipinski definition) is 0. The fourth-order valence-corrected chi connectivity index (χ4v) is 4.97. The number of para-hydroxylation sites is 1. The molecule has 172 valence electrons. The molecule has 3 aromatic rings. The van der Waals surface area contributed by atoms with Crippen molar-refractivity contribution in [3.05, 3.63) is 101 Å². The molecule has 1 saturated heterocycles. The van der Waals surface area contributed by atoms with Gasteiger partial charge in [0.15, 0.2) is 0 Å². The van der Waals surface area contributed by atoms with Crippen molar-refractivity contribution >= 4 is 28.8 Å². The number of carbonyl (C=O) groups is 2. The Morgan fingerprint density at radius 3 is 1.94 bits per heavy atom. The van der Waals surface area contributed by atoms with Crippen molar-refractivity contribution in [3.8, 4) is 0 Å². The van der Waals surface area contributed by atoms with E-state index < -0.39 is 0 Å². The molecule has 0 N–H and O–H groups in total. The van der Waals surface area contributed by atoms with Crippen LogP contribution in [0, 0.1) is 20.8 Å². The van der Waals surface area contributed by atoms with Crippen LogP contribution in [0.15, 0.2) is 78.5 Å². The largest absolute Gasteiger partial charge is 0.368 e. The summed E-state index contributed by atoms with van der Waals surface area (Å²) in [6, 6.07) is 23.8. The lowest BCUT2D eigenvalue weighted by Crippen LogP contribution is -2.47. The monoisotopic (exact) mass is 451 g/mol. The Morgan fingerprint density at radius 2 is 1.26 bits per heavy atom. The normalized spacial score (nSPS) is 16.6. The van der Waals surface area contributed by atoms with Gasteiger partial charge in [-0.15, -0.1) is 0 Å². The second-order valence-electron chi connectivity index (χ2n) is 9.14. The number of aryl methyl sites for hydroxylation is 3. The van der Waals surface area contributed by atoms with Gasteiger partial charge in [0.2, 0.25) is 0 Å². The van der Waals surface area contributed by atoms with Gasteiger partial charge >= 0.3 is 0 Å². The molecule has 0 saturated carbocycles. The lowest BCUT2D eigenvalue weighted by molar-refractivity contribution is -0.120. The van der Waals surface area contributed by atoms with Crippen LogP contribution in [0.25, 0.3) is 5.57 Å². The van der Waals surface area contributed by atoms with Crippen LogP contribution in [0.3, 0.4) is 0 Å². The van der Waals surface area contributed by atoms with E-state index in [2.05, 4.69) is 47.1 Å². The highest BCUT2D eigenvalue weighted by Crippen LogP contribution is 2.36. The van der Waals surface area contributed by atoms with Crippen LogP contribution in [0.4, 0.5) is 11.4 Å². The summed E-state index contributed by atoms with van der Waals surface area (Å²) in [4.78, 5) is 33.3. The Bertz CT molecular complexity index is 1290. The van der Waals surface area contributed by atoms with Gasteiger partial charge in [-0.2, -0.15) is 0 Å². The molecule has 5 nitrogen and oxygen atoms in total. The number of rotatable bonds is 4. The van der Waals surface area contributed by atoms with E-state index in [1.165, 1.54) is 16.2 Å². The minimum absolute atomic E-state index is 0.241. The zero-order chi connectivity index (χ0) is 23.8. The summed E-state index contributed by atoms with van der Waals surface area (Å²) < 4.78 is 0. The Labute approximate surface area is 200 Å². The second kappa shape index (κ2) is 8.82. The van der Waals surface area contributed by atoms with Crippen molar-refractivity contribution in [2.75, 3.05) is 36.0 Å². The highest BCUT2D eigenvalue weighted by atomic mass is 16.2. The molecule has 2 aliphatic rings. The molecule has 34 heavy (non-hydrogen) atoms. The first kappa shape index (κ1) is 22.0. The summed E-state index contributed by atoms with van der Waals surface area (Å²) in [5, 5.41) is 0. The highest BCUT2D eigenvalue weighted by molar-refractivity contribution is 6.45. The molecule has 0 aromatic heterocycles. The molecule has 0 unspecified atom stereocenters. The first-order valence-electron chi connectivity index (χ1n) is 11.8. The lowest BCUT2D eigenvalue weighted by atomic mass is 9.97. The minimum Gasteiger partial charge on any atom is -0.368 e. The molecular formula is C29H29N3O2. The molecule has 0 atom stereocenters. The van der Waals surface area contributed by atoms with Crippen LogP contribution in [0.5, 0.6) is 0 Å². The third kappa shape index (κ3) is 3.87. The fourth-order valence-electron chi connectivity index (χ4n) is 4.97. The summed E-state index contributed by atoms with van der Waals surface area (Å²) in [6.45, 7) is 9.08. The van der Waals surface area contributed by atoms with Gasteiger partial charge in [-0.05, 0) is 61.7 Å². The summed E-state index contributed by atoms with van der Waals surface area (Å²) >= 11 is 0. The van der Waals surface area contributed by atoms with Crippen molar-refractivity contribution in [1.82, 2.24) is 4.90 Å². The van der Waals surface area contributed by atoms with Crippen LogP contribution in [-0.2, 0) is 9.59 Å². The van der Waals surface area contributed by atoms with Gasteiger partial charge in [-0.25, -0.2) is 4.90 Å². The molecular weight excluding hydrogens is 422 g/mol. The van der Waals surface area contributed by atoms with Crippen molar-refractivity contribution in [2.45, 2.75) is 20.8 Å². The van der Waals surface area contributed by atoms with E-state index in [-0.39, 0.29) is 11.8 Å². The summed E-state index contributed by atoms with van der Waals surface area (Å²) in [7, 11) is 0. The Morgan fingerprint density at radius 1 is 0.618 bits per heavy atom. The van der Waals surface area contributed by atoms with E-state index in [1.807, 2.05) is 56.3 Å². The third-order valence-electron chi connectivity index (χ3n) is 6.69. The fraction of sp³-hybridized carbons (Fsp3) is 0.241. The van der Waals surface area contributed by atoms with Crippen LogP contribution < -0.4 is 9.80 Å². The van der Waals surface area contributed by atoms with Crippen molar-refractivity contribution in [3.63, 3.8) is 0 Å². The van der Waals surface area contributed by atoms with Gasteiger partial charge in [-0.3, -0.25) is 9.59 Å². The van der Waals surface area contributed by atoms with Gasteiger partial charge in [0.05, 0.1) is 11.3 Å². The summed E-state index contributed by atoms with van der Waals surface area (Å²) in [6.07, 6.45) is 0. The number of carbonyl (C=O) groups excluding carboxylic acids is 2. The zero-order valence-electron chi connectivity index (χ0n) is 19.9. The second-order valence-corrected chi connectivity index (χ2v) is 9.14. The first-order valence-corrected chi connectivity index (χ1v) is 11.8. The van der Waals surface area contributed by atoms with Gasteiger partial charge in [0.1, 0.15) is 5.70 Å². The highest BCUT2D eigenvalue weighted by Gasteiger charge is 2.43. The molecule has 2 amide bonds. The van der Waals surface area contributed by atoms with Crippen molar-refractivity contribution in [2.24, 2.45) is 0 Å². The third-order valence-corrected chi connectivity index (χ3v) is 6.69. The van der Waals surface area contributed by atoms with Crippen LogP contribution in [0.1, 0.15) is 22.3 Å². The Hall–Kier alpha value is -3.86. The van der Waals surface area contributed by atoms with Crippen LogP contribution in [0.2, 0.25) is 0 Å². The molecule has 3 aromatic carbocycles. The standard InChI is InChI=1S/C29H29N3O2/c1-20-8-7-11-24(19-20)30-14-16-31(17-15-30)27-26(25-13-12-21(2)18-22(25)3)28(33)32(29(27)34)23-9-5-4-6-10-23/h4-13,18-19H,14-17H2,1-3H3. The number of benzene rings is 3. The van der Waals surface area contributed by atoms with Crippen LogP contribution >= 0.6 is 0 Å². The van der Waals surface area contributed by atoms with E-state index in [4.69, 9.17) is 0 Å². The molecule has 1 fully saturated rings. The van der Waals surface area contributed by atoms with E-state index in [0.29, 0.717) is 30.0 Å². The van der Waals surface area contributed by atoms with Crippen molar-refractivity contribution < 1.29 is 9.59 Å². The average molecular weight is 452 g/mol. The smallest absolute Gasteiger partial charge is 0.282 e. The molecule has 0 aliphatic carbocycles. The summed E-state index contributed by atoms with van der Waals surface area (Å²) in [5.74, 6) is -0.491. The van der Waals surface area contributed by atoms with E-state index >= 15 is 0 Å². The lowest BCUT2D eigenvalue weighted by Gasteiger charge is -2.37. The van der Waals surface area contributed by atoms with Gasteiger partial charge in [-0.1, -0.05) is 54.1 Å². The van der Waals surface area contributed by atoms with Crippen LogP contribution in [-0.4, -0.2) is 42.9 Å². The molecule has 2 aliphatic heterocycles. The van der Waals surface area contributed by atoms with Gasteiger partial charge in [0.25, 0.3) is 11.8 Å². The number of piperazine rings is 1. The number of amides is 2. The number of nitrogens with zero attached hydrogens (tertiary/aromatic N) is 3. The van der Waals surface area contributed by atoms with Gasteiger partial charge < -0.3 is 9.80 Å². The number of anilines is 2. The topological polar surface area (TPSA) is 43.9 Å². The molecule has 0 spiro atoms. The predicted octanol–water partition coefficient (Wildman–Crippen LogP) is 4.72. The predicted molar refractivity (Wildman–Crippen MR) is 137 cm³/mol. The molecule has 0 bridgehead atoms. The Kier molecular flexibility index (Phi) is 5.70.